The maximum absolute atomic E-state index is 12.9. The van der Waals surface area contributed by atoms with Crippen molar-refractivity contribution < 1.29 is 9.53 Å². The Balaban J connectivity index is 1.46. The van der Waals surface area contributed by atoms with E-state index < -0.39 is 0 Å². The van der Waals surface area contributed by atoms with E-state index >= 15 is 0 Å². The number of hydrogen-bond donors (Lipinski definition) is 1. The van der Waals surface area contributed by atoms with Crippen LogP contribution in [0.4, 0.5) is 11.6 Å². The SMILES string of the molecule is CCOc1nc2nc(C)cn2cc1C(=O)Nc1ccc(N2CCN(C(C)(C)C)CC2)nn1. The number of carbonyl (C=O) groups is 1. The van der Waals surface area contributed by atoms with E-state index in [-0.39, 0.29) is 17.3 Å². The maximum Gasteiger partial charge on any atom is 0.263 e. The third kappa shape index (κ3) is 4.64. The molecule has 1 N–H and O–H groups in total. The minimum atomic E-state index is -0.366. The zero-order chi connectivity index (χ0) is 22.9. The number of rotatable bonds is 5. The number of fused-ring (bicyclic) bond motifs is 1. The number of piperazine rings is 1. The number of hydrogen-bond acceptors (Lipinski definition) is 8. The van der Waals surface area contributed by atoms with E-state index in [0.717, 1.165) is 37.7 Å². The van der Waals surface area contributed by atoms with Gasteiger partial charge < -0.3 is 15.0 Å². The van der Waals surface area contributed by atoms with Gasteiger partial charge in [0.2, 0.25) is 11.7 Å². The van der Waals surface area contributed by atoms with Crippen LogP contribution in [-0.2, 0) is 0 Å². The first kappa shape index (κ1) is 21.9. The van der Waals surface area contributed by atoms with Crippen LogP contribution in [0.25, 0.3) is 5.78 Å². The van der Waals surface area contributed by atoms with Crippen LogP contribution in [-0.4, -0.2) is 73.7 Å². The molecule has 1 aliphatic rings. The fourth-order valence-corrected chi connectivity index (χ4v) is 3.78. The molecule has 32 heavy (non-hydrogen) atoms. The van der Waals surface area contributed by atoms with Crippen LogP contribution < -0.4 is 15.0 Å². The molecule has 3 aromatic heterocycles. The summed E-state index contributed by atoms with van der Waals surface area (Å²) >= 11 is 0. The fourth-order valence-electron chi connectivity index (χ4n) is 3.78. The highest BCUT2D eigenvalue weighted by molar-refractivity contribution is 6.05. The molecule has 1 saturated heterocycles. The lowest BCUT2D eigenvalue weighted by Crippen LogP contribution is -2.53. The van der Waals surface area contributed by atoms with Crippen LogP contribution in [0.15, 0.2) is 24.5 Å². The topological polar surface area (TPSA) is 101 Å². The Kier molecular flexibility index (Phi) is 5.96. The van der Waals surface area contributed by atoms with Gasteiger partial charge in [0.05, 0.1) is 12.3 Å². The van der Waals surface area contributed by atoms with Crippen LogP contribution in [0.5, 0.6) is 5.88 Å². The molecular weight excluding hydrogens is 408 g/mol. The summed E-state index contributed by atoms with van der Waals surface area (Å²) in [6.45, 7) is 14.6. The van der Waals surface area contributed by atoms with E-state index in [2.05, 4.69) is 56.1 Å². The zero-order valence-corrected chi connectivity index (χ0v) is 19.3. The summed E-state index contributed by atoms with van der Waals surface area (Å²) in [7, 11) is 0. The Morgan fingerprint density at radius 2 is 1.84 bits per heavy atom. The summed E-state index contributed by atoms with van der Waals surface area (Å²) in [5.74, 6) is 1.54. The van der Waals surface area contributed by atoms with Crippen LogP contribution in [0.3, 0.4) is 0 Å². The molecule has 0 bridgehead atoms. The third-order valence-corrected chi connectivity index (χ3v) is 5.50. The molecule has 0 aromatic carbocycles. The van der Waals surface area contributed by atoms with Crippen molar-refractivity contribution in [2.24, 2.45) is 0 Å². The molecule has 10 nitrogen and oxygen atoms in total. The van der Waals surface area contributed by atoms with Gasteiger partial charge in [0.25, 0.3) is 5.91 Å². The van der Waals surface area contributed by atoms with E-state index in [1.165, 1.54) is 0 Å². The van der Waals surface area contributed by atoms with Crippen molar-refractivity contribution in [1.82, 2.24) is 29.5 Å². The molecule has 1 fully saturated rings. The molecule has 170 valence electrons. The zero-order valence-electron chi connectivity index (χ0n) is 19.3. The fraction of sp³-hybridized carbons (Fsp3) is 0.500. The largest absolute Gasteiger partial charge is 0.477 e. The highest BCUT2D eigenvalue weighted by atomic mass is 16.5. The van der Waals surface area contributed by atoms with Crippen LogP contribution >= 0.6 is 0 Å². The van der Waals surface area contributed by atoms with Gasteiger partial charge in [-0.25, -0.2) is 4.98 Å². The molecule has 1 aliphatic heterocycles. The molecule has 10 heteroatoms. The van der Waals surface area contributed by atoms with Gasteiger partial charge in [0.15, 0.2) is 11.6 Å². The highest BCUT2D eigenvalue weighted by Crippen LogP contribution is 2.21. The molecule has 0 atom stereocenters. The van der Waals surface area contributed by atoms with E-state index in [9.17, 15) is 4.79 Å². The number of imidazole rings is 1. The second-order valence-corrected chi connectivity index (χ2v) is 8.86. The van der Waals surface area contributed by atoms with Gasteiger partial charge in [-0.2, -0.15) is 4.98 Å². The lowest BCUT2D eigenvalue weighted by atomic mass is 10.1. The number of nitrogens with zero attached hydrogens (tertiary/aromatic N) is 7. The molecule has 0 radical (unpaired) electrons. The predicted molar refractivity (Wildman–Crippen MR) is 122 cm³/mol. The van der Waals surface area contributed by atoms with Crippen molar-refractivity contribution >= 4 is 23.3 Å². The predicted octanol–water partition coefficient (Wildman–Crippen LogP) is 2.40. The van der Waals surface area contributed by atoms with Crippen LogP contribution in [0.1, 0.15) is 43.7 Å². The van der Waals surface area contributed by atoms with E-state index in [0.29, 0.717) is 23.8 Å². The minimum Gasteiger partial charge on any atom is -0.477 e. The summed E-state index contributed by atoms with van der Waals surface area (Å²) in [5, 5.41) is 11.3. The van der Waals surface area contributed by atoms with Gasteiger partial charge in [-0.3, -0.25) is 14.1 Å². The Labute approximate surface area is 187 Å². The molecule has 0 spiro atoms. The Bertz CT molecular complexity index is 1100. The van der Waals surface area contributed by atoms with Gasteiger partial charge in [0.1, 0.15) is 5.56 Å². The molecule has 3 aromatic rings. The van der Waals surface area contributed by atoms with Crippen molar-refractivity contribution in [1.29, 1.82) is 0 Å². The monoisotopic (exact) mass is 438 g/mol. The quantitative estimate of drug-likeness (QED) is 0.648. The van der Waals surface area contributed by atoms with Gasteiger partial charge in [-0.05, 0) is 46.8 Å². The lowest BCUT2D eigenvalue weighted by Gasteiger charge is -2.42. The highest BCUT2D eigenvalue weighted by Gasteiger charge is 2.26. The second kappa shape index (κ2) is 8.70. The van der Waals surface area contributed by atoms with Crippen molar-refractivity contribution in [3.05, 3.63) is 35.8 Å². The van der Waals surface area contributed by atoms with E-state index in [1.807, 2.05) is 26.1 Å². The number of aromatic nitrogens is 5. The molecule has 1 amide bonds. The molecule has 0 aliphatic carbocycles. The molecule has 4 rings (SSSR count). The van der Waals surface area contributed by atoms with Crippen molar-refractivity contribution in [3.63, 3.8) is 0 Å². The summed E-state index contributed by atoms with van der Waals surface area (Å²) < 4.78 is 7.28. The van der Waals surface area contributed by atoms with Crippen LogP contribution in [0.2, 0.25) is 0 Å². The molecule has 4 heterocycles. The number of ether oxygens (including phenoxy) is 1. The van der Waals surface area contributed by atoms with Gasteiger partial charge in [-0.15, -0.1) is 10.2 Å². The van der Waals surface area contributed by atoms with Crippen molar-refractivity contribution in [2.45, 2.75) is 40.2 Å². The number of nitrogens with one attached hydrogen (secondary N) is 1. The second-order valence-electron chi connectivity index (χ2n) is 8.86. The summed E-state index contributed by atoms with van der Waals surface area (Å²) in [5.41, 5.74) is 1.28. The summed E-state index contributed by atoms with van der Waals surface area (Å²) in [6, 6.07) is 3.66. The third-order valence-electron chi connectivity index (χ3n) is 5.50. The summed E-state index contributed by atoms with van der Waals surface area (Å²) in [6.07, 6.45) is 3.47. The van der Waals surface area contributed by atoms with E-state index in [1.54, 1.807) is 16.7 Å². The number of anilines is 2. The standard InChI is InChI=1S/C22H30N8O2/c1-6-32-20-16(14-29-13-15(2)23-21(29)25-20)19(31)24-17-7-8-18(27-26-17)28-9-11-30(12-10-28)22(3,4)5/h7-8,13-14H,6,9-12H2,1-5H3,(H,24,26,31). The Morgan fingerprint density at radius 3 is 2.47 bits per heavy atom. The number of aryl methyl sites for hydroxylation is 1. The normalized spacial score (nSPS) is 15.2. The number of amides is 1. The molecule has 0 unspecified atom stereocenters. The smallest absolute Gasteiger partial charge is 0.263 e. The Hall–Kier alpha value is -3.27. The van der Waals surface area contributed by atoms with Gasteiger partial charge >= 0.3 is 0 Å². The average Bonchev–Trinajstić information content (AvgIpc) is 3.12. The first-order valence-electron chi connectivity index (χ1n) is 10.9. The van der Waals surface area contributed by atoms with E-state index in [4.69, 9.17) is 4.74 Å². The van der Waals surface area contributed by atoms with Gasteiger partial charge in [0, 0.05) is 44.1 Å². The van der Waals surface area contributed by atoms with Crippen molar-refractivity contribution in [2.75, 3.05) is 43.0 Å². The van der Waals surface area contributed by atoms with Crippen LogP contribution in [0, 0.1) is 6.92 Å². The first-order chi connectivity index (χ1) is 15.2. The van der Waals surface area contributed by atoms with Gasteiger partial charge in [-0.1, -0.05) is 0 Å². The lowest BCUT2D eigenvalue weighted by molar-refractivity contribution is 0.102. The maximum atomic E-state index is 12.9. The molecule has 0 saturated carbocycles. The minimum absolute atomic E-state index is 0.166. The van der Waals surface area contributed by atoms with Crippen molar-refractivity contribution in [3.8, 4) is 5.88 Å². The first-order valence-corrected chi connectivity index (χ1v) is 10.9. The average molecular weight is 439 g/mol. The molecular formula is C22H30N8O2. The Morgan fingerprint density at radius 1 is 1.09 bits per heavy atom. The summed E-state index contributed by atoms with van der Waals surface area (Å²) in [4.78, 5) is 26.3. The number of carbonyl (C=O) groups excluding carboxylic acids is 1.